The molecule has 26 heavy (non-hydrogen) atoms. The van der Waals surface area contributed by atoms with E-state index in [1.165, 1.54) is 0 Å². The summed E-state index contributed by atoms with van der Waals surface area (Å²) < 4.78 is 11.5. The van der Waals surface area contributed by atoms with Crippen LogP contribution in [0.25, 0.3) is 0 Å². The van der Waals surface area contributed by atoms with Crippen molar-refractivity contribution in [1.82, 2.24) is 9.88 Å². The second-order valence-corrected chi connectivity index (χ2v) is 6.67. The van der Waals surface area contributed by atoms with Gasteiger partial charge in [0.25, 0.3) is 5.91 Å². The van der Waals surface area contributed by atoms with Crippen LogP contribution in [-0.2, 0) is 4.79 Å². The third-order valence-corrected chi connectivity index (χ3v) is 4.76. The third-order valence-electron chi connectivity index (χ3n) is 4.76. The van der Waals surface area contributed by atoms with Crippen LogP contribution in [-0.4, -0.2) is 41.6 Å². The summed E-state index contributed by atoms with van der Waals surface area (Å²) in [6.07, 6.45) is 6.05. The van der Waals surface area contributed by atoms with Crippen LogP contribution in [0, 0.1) is 5.92 Å². The predicted molar refractivity (Wildman–Crippen MR) is 100 cm³/mol. The molecule has 1 amide bonds. The molecular weight excluding hydrogens is 328 g/mol. The van der Waals surface area contributed by atoms with Crippen LogP contribution in [0.4, 0.5) is 0 Å². The Hall–Kier alpha value is -2.56. The van der Waals surface area contributed by atoms with E-state index in [0.29, 0.717) is 12.5 Å². The maximum atomic E-state index is 12.6. The van der Waals surface area contributed by atoms with Gasteiger partial charge in [0.15, 0.2) is 6.10 Å². The molecule has 0 radical (unpaired) electrons. The van der Waals surface area contributed by atoms with E-state index in [-0.39, 0.29) is 5.91 Å². The Labute approximate surface area is 155 Å². The highest BCUT2D eigenvalue weighted by atomic mass is 16.5. The first-order valence-electron chi connectivity index (χ1n) is 9.25. The van der Waals surface area contributed by atoms with Crippen molar-refractivity contribution in [2.24, 2.45) is 5.92 Å². The summed E-state index contributed by atoms with van der Waals surface area (Å²) in [4.78, 5) is 18.5. The number of hydrogen-bond acceptors (Lipinski definition) is 4. The highest BCUT2D eigenvalue weighted by Crippen LogP contribution is 2.22. The molecule has 1 fully saturated rings. The number of piperidine rings is 1. The van der Waals surface area contributed by atoms with Gasteiger partial charge < -0.3 is 14.4 Å². The number of likely N-dealkylation sites (tertiary alicyclic amines) is 1. The fourth-order valence-electron chi connectivity index (χ4n) is 3.23. The first kappa shape index (κ1) is 18.2. The molecule has 1 aromatic carbocycles. The molecule has 5 heteroatoms. The topological polar surface area (TPSA) is 51.7 Å². The molecule has 1 saturated heterocycles. The van der Waals surface area contributed by atoms with E-state index < -0.39 is 6.10 Å². The van der Waals surface area contributed by atoms with E-state index in [9.17, 15) is 4.79 Å². The minimum absolute atomic E-state index is 0.0684. The van der Waals surface area contributed by atoms with Crippen LogP contribution in [0.3, 0.4) is 0 Å². The Bertz CT molecular complexity index is 670. The third kappa shape index (κ3) is 5.22. The minimum Gasteiger partial charge on any atom is -0.492 e. The van der Waals surface area contributed by atoms with Crippen LogP contribution in [0.2, 0.25) is 0 Å². The number of hydrogen-bond donors (Lipinski definition) is 0. The number of ether oxygens (including phenoxy) is 2. The van der Waals surface area contributed by atoms with E-state index in [1.807, 2.05) is 54.3 Å². The van der Waals surface area contributed by atoms with Crippen molar-refractivity contribution in [1.29, 1.82) is 0 Å². The van der Waals surface area contributed by atoms with E-state index >= 15 is 0 Å². The number of carbonyl (C=O) groups is 1. The molecule has 1 aromatic heterocycles. The number of benzene rings is 1. The lowest BCUT2D eigenvalue weighted by molar-refractivity contribution is -0.139. The van der Waals surface area contributed by atoms with Crippen molar-refractivity contribution in [3.05, 3.63) is 54.9 Å². The van der Waals surface area contributed by atoms with Crippen LogP contribution in [0.5, 0.6) is 11.5 Å². The lowest BCUT2D eigenvalue weighted by Gasteiger charge is -2.33. The molecule has 0 saturated carbocycles. The Morgan fingerprint density at radius 2 is 1.88 bits per heavy atom. The Morgan fingerprint density at radius 3 is 2.58 bits per heavy atom. The summed E-state index contributed by atoms with van der Waals surface area (Å²) in [6.45, 7) is 4.10. The number of amides is 1. The zero-order chi connectivity index (χ0) is 18.2. The van der Waals surface area contributed by atoms with E-state index in [0.717, 1.165) is 43.9 Å². The summed E-state index contributed by atoms with van der Waals surface area (Å²) >= 11 is 0. The van der Waals surface area contributed by atoms with Gasteiger partial charge in [-0.1, -0.05) is 18.2 Å². The van der Waals surface area contributed by atoms with Crippen LogP contribution in [0.1, 0.15) is 26.2 Å². The molecule has 2 heterocycles. The quantitative estimate of drug-likeness (QED) is 0.763. The molecule has 0 bridgehead atoms. The van der Waals surface area contributed by atoms with Gasteiger partial charge in [0.2, 0.25) is 0 Å². The summed E-state index contributed by atoms with van der Waals surface area (Å²) in [5.41, 5.74) is 0. The van der Waals surface area contributed by atoms with Gasteiger partial charge in [-0.2, -0.15) is 0 Å². The average molecular weight is 354 g/mol. The van der Waals surface area contributed by atoms with Crippen molar-refractivity contribution >= 4 is 5.91 Å². The van der Waals surface area contributed by atoms with Crippen molar-refractivity contribution < 1.29 is 14.3 Å². The average Bonchev–Trinajstić information content (AvgIpc) is 2.69. The first-order valence-corrected chi connectivity index (χ1v) is 9.25. The summed E-state index contributed by atoms with van der Waals surface area (Å²) in [6, 6.07) is 13.3. The van der Waals surface area contributed by atoms with E-state index in [2.05, 4.69) is 4.98 Å². The maximum Gasteiger partial charge on any atom is 0.263 e. The Morgan fingerprint density at radius 1 is 1.15 bits per heavy atom. The number of rotatable bonds is 7. The van der Waals surface area contributed by atoms with Crippen molar-refractivity contribution in [2.45, 2.75) is 32.3 Å². The standard InChI is InChI=1S/C21H26N2O3/c1-17(26-19-6-3-2-4-7-19)21(24)23-13-9-18(10-14-23)11-15-25-20-8-5-12-22-16-20/h2-8,12,16-18H,9-11,13-15H2,1H3. The largest absolute Gasteiger partial charge is 0.492 e. The molecule has 0 N–H and O–H groups in total. The smallest absolute Gasteiger partial charge is 0.263 e. The Kier molecular flexibility index (Phi) is 6.47. The molecule has 2 aromatic rings. The van der Waals surface area contributed by atoms with E-state index in [1.54, 1.807) is 12.4 Å². The zero-order valence-electron chi connectivity index (χ0n) is 15.2. The van der Waals surface area contributed by atoms with Crippen molar-refractivity contribution in [2.75, 3.05) is 19.7 Å². The lowest BCUT2D eigenvalue weighted by atomic mass is 9.93. The maximum absolute atomic E-state index is 12.6. The highest BCUT2D eigenvalue weighted by Gasteiger charge is 2.26. The zero-order valence-corrected chi connectivity index (χ0v) is 15.2. The second kappa shape index (κ2) is 9.22. The van der Waals surface area contributed by atoms with E-state index in [4.69, 9.17) is 9.47 Å². The molecule has 1 aliphatic heterocycles. The number of carbonyl (C=O) groups excluding carboxylic acids is 1. The number of para-hydroxylation sites is 1. The number of pyridine rings is 1. The van der Waals surface area contributed by atoms with Gasteiger partial charge >= 0.3 is 0 Å². The molecule has 1 unspecified atom stereocenters. The molecule has 3 rings (SSSR count). The fourth-order valence-corrected chi connectivity index (χ4v) is 3.23. The summed E-state index contributed by atoms with van der Waals surface area (Å²) in [5, 5.41) is 0. The Balaban J connectivity index is 1.38. The van der Waals surface area contributed by atoms with Crippen LogP contribution in [0.15, 0.2) is 54.9 Å². The monoisotopic (exact) mass is 354 g/mol. The van der Waals surface area contributed by atoms with Gasteiger partial charge in [-0.3, -0.25) is 9.78 Å². The first-order chi connectivity index (χ1) is 12.7. The molecule has 1 aliphatic rings. The lowest BCUT2D eigenvalue weighted by Crippen LogP contribution is -2.44. The summed E-state index contributed by atoms with van der Waals surface area (Å²) in [5.74, 6) is 2.21. The highest BCUT2D eigenvalue weighted by molar-refractivity contribution is 5.81. The molecular formula is C21H26N2O3. The molecule has 5 nitrogen and oxygen atoms in total. The van der Waals surface area contributed by atoms with Gasteiger partial charge in [-0.15, -0.1) is 0 Å². The van der Waals surface area contributed by atoms with Gasteiger partial charge in [-0.25, -0.2) is 0 Å². The summed E-state index contributed by atoms with van der Waals surface area (Å²) in [7, 11) is 0. The van der Waals surface area contributed by atoms with Gasteiger partial charge in [0.1, 0.15) is 11.5 Å². The second-order valence-electron chi connectivity index (χ2n) is 6.67. The van der Waals surface area contributed by atoms with Crippen LogP contribution < -0.4 is 9.47 Å². The number of aromatic nitrogens is 1. The molecule has 0 spiro atoms. The normalized spacial score (nSPS) is 16.1. The van der Waals surface area contributed by atoms with Crippen molar-refractivity contribution in [3.8, 4) is 11.5 Å². The molecule has 1 atom stereocenters. The fraction of sp³-hybridized carbons (Fsp3) is 0.429. The SMILES string of the molecule is CC(Oc1ccccc1)C(=O)N1CCC(CCOc2cccnc2)CC1. The predicted octanol–water partition coefficient (Wildman–Crippen LogP) is 3.56. The minimum atomic E-state index is -0.456. The molecule has 138 valence electrons. The molecule has 0 aliphatic carbocycles. The van der Waals surface area contributed by atoms with Crippen LogP contribution >= 0.6 is 0 Å². The van der Waals surface area contributed by atoms with Gasteiger partial charge in [0.05, 0.1) is 12.8 Å². The van der Waals surface area contributed by atoms with Gasteiger partial charge in [0, 0.05) is 19.3 Å². The van der Waals surface area contributed by atoms with Crippen molar-refractivity contribution in [3.63, 3.8) is 0 Å². The number of nitrogens with zero attached hydrogens (tertiary/aromatic N) is 2. The van der Waals surface area contributed by atoms with Gasteiger partial charge in [-0.05, 0) is 56.4 Å².